The number of alkyl halides is 1. The first kappa shape index (κ1) is 9.50. The van der Waals surface area contributed by atoms with Crippen molar-refractivity contribution in [2.75, 3.05) is 13.1 Å². The van der Waals surface area contributed by atoms with Crippen LogP contribution in [0.15, 0.2) is 0 Å². The standard InChI is InChI=1S/C10H16BrNO/c1-7-4-5-12(6-9(7)11)10(13)8-2-3-8/h7-9H,2-6H2,1H3. The van der Waals surface area contributed by atoms with E-state index in [9.17, 15) is 4.79 Å². The summed E-state index contributed by atoms with van der Waals surface area (Å²) in [6.07, 6.45) is 3.39. The van der Waals surface area contributed by atoms with Gasteiger partial charge in [-0.05, 0) is 25.2 Å². The van der Waals surface area contributed by atoms with E-state index in [1.165, 1.54) is 0 Å². The number of amides is 1. The predicted octanol–water partition coefficient (Wildman–Crippen LogP) is 2.03. The number of carbonyl (C=O) groups excluding carboxylic acids is 1. The van der Waals surface area contributed by atoms with E-state index in [4.69, 9.17) is 0 Å². The zero-order valence-corrected chi connectivity index (χ0v) is 9.59. The summed E-state index contributed by atoms with van der Waals surface area (Å²) < 4.78 is 0. The number of piperidine rings is 1. The number of hydrogen-bond donors (Lipinski definition) is 0. The van der Waals surface area contributed by atoms with Crippen molar-refractivity contribution in [1.29, 1.82) is 0 Å². The van der Waals surface area contributed by atoms with Crippen molar-refractivity contribution in [1.82, 2.24) is 4.90 Å². The van der Waals surface area contributed by atoms with E-state index in [0.717, 1.165) is 32.4 Å². The van der Waals surface area contributed by atoms with Crippen LogP contribution in [-0.2, 0) is 4.79 Å². The number of nitrogens with zero attached hydrogens (tertiary/aromatic N) is 1. The summed E-state index contributed by atoms with van der Waals surface area (Å²) in [5, 5.41) is 0. The zero-order valence-electron chi connectivity index (χ0n) is 8.00. The topological polar surface area (TPSA) is 20.3 Å². The number of likely N-dealkylation sites (tertiary alicyclic amines) is 1. The quantitative estimate of drug-likeness (QED) is 0.648. The number of rotatable bonds is 1. The third kappa shape index (κ3) is 2.06. The molecule has 2 atom stereocenters. The zero-order chi connectivity index (χ0) is 9.42. The molecular formula is C10H16BrNO. The van der Waals surface area contributed by atoms with E-state index >= 15 is 0 Å². The van der Waals surface area contributed by atoms with Gasteiger partial charge in [0, 0.05) is 23.8 Å². The van der Waals surface area contributed by atoms with Gasteiger partial charge in [-0.1, -0.05) is 22.9 Å². The molecule has 0 bridgehead atoms. The average Bonchev–Trinajstić information content (AvgIpc) is 2.91. The molecule has 2 unspecified atom stereocenters. The highest BCUT2D eigenvalue weighted by atomic mass is 79.9. The fraction of sp³-hybridized carbons (Fsp3) is 0.900. The maximum absolute atomic E-state index is 11.7. The lowest BCUT2D eigenvalue weighted by Crippen LogP contribution is -2.44. The summed E-state index contributed by atoms with van der Waals surface area (Å²) in [7, 11) is 0. The van der Waals surface area contributed by atoms with Gasteiger partial charge < -0.3 is 4.90 Å². The van der Waals surface area contributed by atoms with Crippen LogP contribution in [0.2, 0.25) is 0 Å². The molecule has 0 spiro atoms. The Morgan fingerprint density at radius 1 is 1.38 bits per heavy atom. The minimum atomic E-state index is 0.383. The molecule has 1 saturated heterocycles. The Hall–Kier alpha value is -0.0500. The van der Waals surface area contributed by atoms with Crippen LogP contribution < -0.4 is 0 Å². The molecule has 13 heavy (non-hydrogen) atoms. The van der Waals surface area contributed by atoms with E-state index in [-0.39, 0.29) is 0 Å². The third-order valence-electron chi connectivity index (χ3n) is 3.10. The first-order chi connectivity index (χ1) is 6.18. The van der Waals surface area contributed by atoms with Gasteiger partial charge in [0.2, 0.25) is 5.91 Å². The molecule has 0 N–H and O–H groups in total. The molecule has 1 amide bonds. The van der Waals surface area contributed by atoms with Gasteiger partial charge in [0.15, 0.2) is 0 Å². The highest BCUT2D eigenvalue weighted by Gasteiger charge is 2.36. The Balaban J connectivity index is 1.90. The molecule has 0 aromatic rings. The van der Waals surface area contributed by atoms with Gasteiger partial charge in [-0.3, -0.25) is 4.79 Å². The monoisotopic (exact) mass is 245 g/mol. The van der Waals surface area contributed by atoms with Crippen molar-refractivity contribution in [2.24, 2.45) is 11.8 Å². The lowest BCUT2D eigenvalue weighted by molar-refractivity contribution is -0.133. The normalized spacial score (nSPS) is 34.8. The van der Waals surface area contributed by atoms with Crippen molar-refractivity contribution in [2.45, 2.75) is 31.0 Å². The van der Waals surface area contributed by atoms with Crippen LogP contribution in [0.25, 0.3) is 0 Å². The summed E-state index contributed by atoms with van der Waals surface area (Å²) in [6.45, 7) is 4.13. The van der Waals surface area contributed by atoms with E-state index in [1.807, 2.05) is 4.90 Å². The fourth-order valence-corrected chi connectivity index (χ4v) is 2.42. The summed E-state index contributed by atoms with van der Waals surface area (Å²) >= 11 is 3.64. The van der Waals surface area contributed by atoms with Crippen molar-refractivity contribution < 1.29 is 4.79 Å². The maximum atomic E-state index is 11.7. The van der Waals surface area contributed by atoms with Crippen molar-refractivity contribution >= 4 is 21.8 Å². The molecule has 0 aromatic heterocycles. The average molecular weight is 246 g/mol. The summed E-state index contributed by atoms with van der Waals surface area (Å²) in [5.41, 5.74) is 0. The Labute approximate surface area is 87.8 Å². The molecule has 74 valence electrons. The van der Waals surface area contributed by atoms with Gasteiger partial charge in [0.05, 0.1) is 0 Å². The summed E-state index contributed by atoms with van der Waals surface area (Å²) in [6, 6.07) is 0. The van der Waals surface area contributed by atoms with Crippen LogP contribution in [0, 0.1) is 11.8 Å². The van der Waals surface area contributed by atoms with Crippen molar-refractivity contribution in [3.05, 3.63) is 0 Å². The van der Waals surface area contributed by atoms with Gasteiger partial charge in [-0.25, -0.2) is 0 Å². The van der Waals surface area contributed by atoms with Gasteiger partial charge in [-0.15, -0.1) is 0 Å². The molecule has 3 heteroatoms. The first-order valence-electron chi connectivity index (χ1n) is 5.11. The SMILES string of the molecule is CC1CCN(C(=O)C2CC2)CC1Br. The molecule has 2 rings (SSSR count). The number of halogens is 1. The second-order valence-corrected chi connectivity index (χ2v) is 5.52. The third-order valence-corrected chi connectivity index (χ3v) is 4.30. The van der Waals surface area contributed by atoms with Gasteiger partial charge in [-0.2, -0.15) is 0 Å². The van der Waals surface area contributed by atoms with Gasteiger partial charge in [0.1, 0.15) is 0 Å². The molecule has 1 aliphatic heterocycles. The van der Waals surface area contributed by atoms with Gasteiger partial charge in [0.25, 0.3) is 0 Å². The molecule has 1 saturated carbocycles. The van der Waals surface area contributed by atoms with E-state index in [1.54, 1.807) is 0 Å². The van der Waals surface area contributed by atoms with E-state index in [0.29, 0.717) is 22.6 Å². The molecule has 0 radical (unpaired) electrons. The van der Waals surface area contributed by atoms with E-state index < -0.39 is 0 Å². The Morgan fingerprint density at radius 3 is 2.62 bits per heavy atom. The van der Waals surface area contributed by atoms with Crippen LogP contribution >= 0.6 is 15.9 Å². The maximum Gasteiger partial charge on any atom is 0.225 e. The van der Waals surface area contributed by atoms with Crippen LogP contribution in [0.4, 0.5) is 0 Å². The summed E-state index contributed by atoms with van der Waals surface area (Å²) in [5.74, 6) is 1.49. The molecule has 0 aromatic carbocycles. The number of hydrogen-bond acceptors (Lipinski definition) is 1. The van der Waals surface area contributed by atoms with Crippen LogP contribution in [-0.4, -0.2) is 28.7 Å². The molecular weight excluding hydrogens is 230 g/mol. The molecule has 2 aliphatic rings. The van der Waals surface area contributed by atoms with Crippen molar-refractivity contribution in [3.8, 4) is 0 Å². The molecule has 1 aliphatic carbocycles. The molecule has 2 nitrogen and oxygen atoms in total. The second-order valence-electron chi connectivity index (χ2n) is 4.34. The summed E-state index contributed by atoms with van der Waals surface area (Å²) in [4.78, 5) is 14.3. The highest BCUT2D eigenvalue weighted by molar-refractivity contribution is 9.09. The van der Waals surface area contributed by atoms with Crippen LogP contribution in [0.3, 0.4) is 0 Å². The van der Waals surface area contributed by atoms with Crippen molar-refractivity contribution in [3.63, 3.8) is 0 Å². The van der Waals surface area contributed by atoms with Crippen LogP contribution in [0.5, 0.6) is 0 Å². The predicted molar refractivity (Wildman–Crippen MR) is 55.8 cm³/mol. The second kappa shape index (κ2) is 3.60. The Morgan fingerprint density at radius 2 is 2.08 bits per heavy atom. The molecule has 2 fully saturated rings. The smallest absolute Gasteiger partial charge is 0.225 e. The molecule has 1 heterocycles. The lowest BCUT2D eigenvalue weighted by atomic mass is 9.99. The van der Waals surface area contributed by atoms with Gasteiger partial charge >= 0.3 is 0 Å². The lowest BCUT2D eigenvalue weighted by Gasteiger charge is -2.34. The largest absolute Gasteiger partial charge is 0.341 e. The minimum Gasteiger partial charge on any atom is -0.341 e. The number of carbonyl (C=O) groups is 1. The highest BCUT2D eigenvalue weighted by Crippen LogP contribution is 2.33. The first-order valence-corrected chi connectivity index (χ1v) is 6.03. The fourth-order valence-electron chi connectivity index (χ4n) is 1.81. The van der Waals surface area contributed by atoms with E-state index in [2.05, 4.69) is 22.9 Å². The minimum absolute atomic E-state index is 0.383. The van der Waals surface area contributed by atoms with Crippen LogP contribution in [0.1, 0.15) is 26.2 Å². The Bertz CT molecular complexity index is 215. The Kier molecular flexibility index (Phi) is 2.63.